The van der Waals surface area contributed by atoms with Gasteiger partial charge in [0.15, 0.2) is 0 Å². The highest BCUT2D eigenvalue weighted by Gasteiger charge is 2.43. The predicted molar refractivity (Wildman–Crippen MR) is 158 cm³/mol. The summed E-state index contributed by atoms with van der Waals surface area (Å²) >= 11 is 0. The van der Waals surface area contributed by atoms with Crippen molar-refractivity contribution in [2.75, 3.05) is 33.1 Å². The second-order valence-electron chi connectivity index (χ2n) is 10.3. The lowest BCUT2D eigenvalue weighted by Gasteiger charge is -2.33. The Kier molecular flexibility index (Phi) is 8.98. The molecule has 2 heterocycles. The van der Waals surface area contributed by atoms with Gasteiger partial charge in [0.25, 0.3) is 5.91 Å². The molecule has 40 heavy (non-hydrogen) atoms. The number of carbonyl (C=O) groups excluding carboxylic acids is 1. The van der Waals surface area contributed by atoms with Crippen molar-refractivity contribution in [1.82, 2.24) is 9.88 Å². The van der Waals surface area contributed by atoms with Crippen molar-refractivity contribution >= 4 is 33.5 Å². The number of aryl methyl sites for hydroxylation is 1. The van der Waals surface area contributed by atoms with Crippen LogP contribution < -0.4 is 10.5 Å². The van der Waals surface area contributed by atoms with E-state index < -0.39 is 17.1 Å². The van der Waals surface area contributed by atoms with E-state index in [4.69, 9.17) is 30.9 Å². The van der Waals surface area contributed by atoms with Crippen LogP contribution in [0.15, 0.2) is 47.6 Å². The second-order valence-corrected chi connectivity index (χ2v) is 10.3. The fourth-order valence-corrected chi connectivity index (χ4v) is 4.83. The second kappa shape index (κ2) is 12.3. The summed E-state index contributed by atoms with van der Waals surface area (Å²) in [7, 11) is 16.0. The number of halogens is 1. The quantitative estimate of drug-likeness (QED) is 0.171. The van der Waals surface area contributed by atoms with Crippen LogP contribution in [0.2, 0.25) is 0 Å². The van der Waals surface area contributed by atoms with Crippen molar-refractivity contribution in [3.05, 3.63) is 76.4 Å². The minimum absolute atomic E-state index is 0.167. The van der Waals surface area contributed by atoms with Gasteiger partial charge in [0, 0.05) is 55.3 Å². The van der Waals surface area contributed by atoms with E-state index in [1.165, 1.54) is 17.2 Å². The molecule has 10 heteroatoms. The molecule has 1 aliphatic rings. The Hall–Kier alpha value is -3.65. The molecule has 1 amide bonds. The zero-order chi connectivity index (χ0) is 29.0. The number of carbonyl (C=O) groups is 1. The molecule has 4 radical (unpaired) electrons. The average Bonchev–Trinajstić information content (AvgIpc) is 3.11. The zero-order valence-electron chi connectivity index (χ0n) is 23.4. The van der Waals surface area contributed by atoms with Crippen LogP contribution in [0.5, 0.6) is 5.75 Å². The van der Waals surface area contributed by atoms with Gasteiger partial charge in [-0.25, -0.2) is 4.39 Å². The summed E-state index contributed by atoms with van der Waals surface area (Å²) in [6.45, 7) is 4.75. The number of nitrogens with zero attached hydrogens (tertiary/aromatic N) is 3. The molecule has 0 bridgehead atoms. The first-order chi connectivity index (χ1) is 19.1. The largest absolute Gasteiger partial charge is 0.493 e. The van der Waals surface area contributed by atoms with Crippen molar-refractivity contribution in [1.29, 1.82) is 0 Å². The average molecular weight is 538 g/mol. The number of nitrogen functional groups attached to an aromatic ring is 1. The first-order valence-electron chi connectivity index (χ1n) is 13.2. The topological polar surface area (TPSA) is 90.0 Å². The maximum Gasteiger partial charge on any atom is 0.255 e. The number of nitrogens with two attached hydrogens (primary N) is 1. The summed E-state index contributed by atoms with van der Waals surface area (Å²) in [4.78, 5) is 22.8. The lowest BCUT2D eigenvalue weighted by atomic mass is 9.59. The standard InChI is InChI=1S/C30H33B2FN4O3/c1-18(2)17-40-26-14-20(21-10-9-19(7-6-12-39-4)27(34)23(21)15-35-3)13-25(33)24(26)16-37-29(38)22-8-5-11-36-28(22)30(37,31)32/h5,8-11,13-15,18H,6-7,12,16-17,34H2,1-4H3. The summed E-state index contributed by atoms with van der Waals surface area (Å²) in [6.07, 6.45) is 4.75. The van der Waals surface area contributed by atoms with E-state index in [0.717, 1.165) is 18.4 Å². The predicted octanol–water partition coefficient (Wildman–Crippen LogP) is 4.24. The number of anilines is 1. The Balaban J connectivity index is 1.78. The highest BCUT2D eigenvalue weighted by atomic mass is 19.1. The van der Waals surface area contributed by atoms with E-state index >= 15 is 4.39 Å². The lowest BCUT2D eigenvalue weighted by molar-refractivity contribution is 0.0727. The van der Waals surface area contributed by atoms with Crippen LogP contribution in [0.1, 0.15) is 53.0 Å². The number of ether oxygens (including phenoxy) is 2. The molecule has 0 spiro atoms. The summed E-state index contributed by atoms with van der Waals surface area (Å²) in [6, 6.07) is 10.3. The van der Waals surface area contributed by atoms with Crippen LogP contribution in [-0.2, 0) is 23.0 Å². The fourth-order valence-electron chi connectivity index (χ4n) is 4.83. The Labute approximate surface area is 237 Å². The molecular weight excluding hydrogens is 505 g/mol. The van der Waals surface area contributed by atoms with Crippen molar-refractivity contribution in [2.45, 2.75) is 38.6 Å². The van der Waals surface area contributed by atoms with E-state index in [2.05, 4.69) is 9.98 Å². The van der Waals surface area contributed by atoms with Crippen LogP contribution in [0, 0.1) is 11.7 Å². The fraction of sp³-hybridized carbons (Fsp3) is 0.367. The maximum absolute atomic E-state index is 16.0. The van der Waals surface area contributed by atoms with E-state index in [0.29, 0.717) is 46.9 Å². The van der Waals surface area contributed by atoms with Gasteiger partial charge in [0.05, 0.1) is 40.1 Å². The Morgan fingerprint density at radius 3 is 2.67 bits per heavy atom. The summed E-state index contributed by atoms with van der Waals surface area (Å²) in [5.74, 6) is -0.525. The molecule has 2 aromatic carbocycles. The molecule has 3 aromatic rings. The minimum atomic E-state index is -1.70. The molecular formula is C30H33B2FN4O3. The molecule has 0 unspecified atom stereocenters. The molecule has 4 rings (SSSR count). The summed E-state index contributed by atoms with van der Waals surface area (Å²) in [5.41, 5.74) is 10.8. The number of aliphatic imine (C=N–C) groups is 1. The van der Waals surface area contributed by atoms with Crippen LogP contribution in [-0.4, -0.2) is 65.1 Å². The van der Waals surface area contributed by atoms with Gasteiger partial charge in [-0.1, -0.05) is 26.0 Å². The van der Waals surface area contributed by atoms with Gasteiger partial charge in [0.1, 0.15) is 11.6 Å². The number of methoxy groups -OCH3 is 1. The molecule has 0 saturated heterocycles. The van der Waals surface area contributed by atoms with Crippen molar-refractivity contribution in [2.24, 2.45) is 10.9 Å². The highest BCUT2D eigenvalue weighted by molar-refractivity contribution is 6.42. The molecule has 0 aliphatic carbocycles. The van der Waals surface area contributed by atoms with Crippen LogP contribution in [0.3, 0.4) is 0 Å². The highest BCUT2D eigenvalue weighted by Crippen LogP contribution is 2.39. The van der Waals surface area contributed by atoms with Crippen molar-refractivity contribution in [3.8, 4) is 16.9 Å². The number of pyridine rings is 1. The Bertz CT molecular complexity index is 1430. The molecule has 204 valence electrons. The lowest BCUT2D eigenvalue weighted by Crippen LogP contribution is -2.45. The van der Waals surface area contributed by atoms with Gasteiger partial charge >= 0.3 is 0 Å². The normalized spacial score (nSPS) is 14.3. The van der Waals surface area contributed by atoms with E-state index in [-0.39, 0.29) is 23.7 Å². The molecule has 0 fully saturated rings. The van der Waals surface area contributed by atoms with Gasteiger partial charge < -0.3 is 20.1 Å². The van der Waals surface area contributed by atoms with Gasteiger partial charge in [0.2, 0.25) is 0 Å². The first-order valence-corrected chi connectivity index (χ1v) is 13.2. The number of aromatic nitrogens is 1. The SMILES string of the molecule is [B]C1([B])c2ncccc2C(=O)N1Cc1c(F)cc(-c2ccc(CCCOC)c(N)c2C=NC)cc1OCC(C)C. The van der Waals surface area contributed by atoms with Gasteiger partial charge in [-0.3, -0.25) is 14.8 Å². The summed E-state index contributed by atoms with van der Waals surface area (Å²) in [5, 5.41) is -1.70. The molecule has 0 atom stereocenters. The van der Waals surface area contributed by atoms with Crippen LogP contribution in [0.4, 0.5) is 10.1 Å². The van der Waals surface area contributed by atoms with Gasteiger partial charge in [-0.15, -0.1) is 0 Å². The number of rotatable bonds is 11. The molecule has 2 N–H and O–H groups in total. The summed E-state index contributed by atoms with van der Waals surface area (Å²) < 4.78 is 27.3. The number of amides is 1. The van der Waals surface area contributed by atoms with E-state index in [1.807, 2.05) is 26.0 Å². The first kappa shape index (κ1) is 29.3. The smallest absolute Gasteiger partial charge is 0.255 e. The third kappa shape index (κ3) is 5.77. The number of fused-ring (bicyclic) bond motifs is 1. The zero-order valence-corrected chi connectivity index (χ0v) is 23.4. The maximum atomic E-state index is 16.0. The Morgan fingerprint density at radius 2 is 2.00 bits per heavy atom. The molecule has 7 nitrogen and oxygen atoms in total. The third-order valence-electron chi connectivity index (χ3n) is 6.89. The van der Waals surface area contributed by atoms with E-state index in [1.54, 1.807) is 38.6 Å². The molecule has 1 aromatic heterocycles. The molecule has 0 saturated carbocycles. The van der Waals surface area contributed by atoms with Crippen LogP contribution >= 0.6 is 0 Å². The monoisotopic (exact) mass is 538 g/mol. The molecule has 1 aliphatic heterocycles. The third-order valence-corrected chi connectivity index (χ3v) is 6.89. The van der Waals surface area contributed by atoms with Crippen molar-refractivity contribution < 1.29 is 18.7 Å². The van der Waals surface area contributed by atoms with Gasteiger partial charge in [-0.2, -0.15) is 0 Å². The number of hydrogen-bond acceptors (Lipinski definition) is 6. The van der Waals surface area contributed by atoms with Crippen LogP contribution in [0.25, 0.3) is 11.1 Å². The van der Waals surface area contributed by atoms with Gasteiger partial charge in [-0.05, 0) is 59.7 Å². The number of hydrogen-bond donors (Lipinski definition) is 1. The number of benzene rings is 2. The Morgan fingerprint density at radius 1 is 1.23 bits per heavy atom. The minimum Gasteiger partial charge on any atom is -0.493 e. The van der Waals surface area contributed by atoms with E-state index in [9.17, 15) is 4.79 Å². The van der Waals surface area contributed by atoms with Crippen molar-refractivity contribution in [3.63, 3.8) is 0 Å².